The number of phenols is 1. The van der Waals surface area contributed by atoms with Gasteiger partial charge < -0.3 is 9.52 Å². The summed E-state index contributed by atoms with van der Waals surface area (Å²) in [6.07, 6.45) is 4.90. The van der Waals surface area contributed by atoms with Gasteiger partial charge in [0.15, 0.2) is 17.6 Å². The second kappa shape index (κ2) is 3.37. The average molecular weight is 216 g/mol. The van der Waals surface area contributed by atoms with E-state index < -0.39 is 0 Å². The lowest BCUT2D eigenvalue weighted by atomic mass is 9.94. The molecule has 1 N–H and O–H groups in total. The van der Waals surface area contributed by atoms with E-state index in [-0.39, 0.29) is 5.75 Å². The van der Waals surface area contributed by atoms with Gasteiger partial charge in [0, 0.05) is 22.9 Å². The van der Waals surface area contributed by atoms with Crippen LogP contribution >= 0.6 is 0 Å². The third-order valence-electron chi connectivity index (χ3n) is 3.24. The summed E-state index contributed by atoms with van der Waals surface area (Å²) in [6, 6.07) is 3.16. The van der Waals surface area contributed by atoms with Crippen LogP contribution in [0.1, 0.15) is 34.5 Å². The Morgan fingerprint density at radius 1 is 1.25 bits per heavy atom. The first kappa shape index (κ1) is 9.46. The third-order valence-corrected chi connectivity index (χ3v) is 3.24. The smallest absolute Gasteiger partial charge is 0.176 e. The molecule has 82 valence electrons. The van der Waals surface area contributed by atoms with Gasteiger partial charge in [0.1, 0.15) is 5.76 Å². The van der Waals surface area contributed by atoms with Crippen molar-refractivity contribution >= 4 is 17.3 Å². The fraction of sp³-hybridized carbons (Fsp3) is 0.308. The number of furan rings is 1. The Bertz CT molecular complexity index is 566. The Hall–Kier alpha value is -1.77. The molecule has 0 radical (unpaired) electrons. The van der Waals surface area contributed by atoms with Crippen molar-refractivity contribution in [2.75, 3.05) is 0 Å². The maximum atomic E-state index is 11.0. The van der Waals surface area contributed by atoms with Gasteiger partial charge in [-0.15, -0.1) is 0 Å². The van der Waals surface area contributed by atoms with Crippen LogP contribution in [0, 0.1) is 0 Å². The minimum atomic E-state index is 0.120. The van der Waals surface area contributed by atoms with Gasteiger partial charge in [0.25, 0.3) is 0 Å². The summed E-state index contributed by atoms with van der Waals surface area (Å²) >= 11 is 0. The quantitative estimate of drug-likeness (QED) is 0.746. The van der Waals surface area contributed by atoms with Crippen LogP contribution in [-0.2, 0) is 12.8 Å². The van der Waals surface area contributed by atoms with Gasteiger partial charge in [-0.1, -0.05) is 0 Å². The number of benzene rings is 1. The highest BCUT2D eigenvalue weighted by molar-refractivity contribution is 6.00. The number of fused-ring (bicyclic) bond motifs is 3. The number of rotatable bonds is 1. The van der Waals surface area contributed by atoms with Crippen LogP contribution in [0.5, 0.6) is 5.75 Å². The van der Waals surface area contributed by atoms with Crippen LogP contribution in [-0.4, -0.2) is 11.4 Å². The molecule has 0 bridgehead atoms. The van der Waals surface area contributed by atoms with E-state index in [9.17, 15) is 9.90 Å². The van der Waals surface area contributed by atoms with Crippen molar-refractivity contribution in [1.29, 1.82) is 0 Å². The largest absolute Gasteiger partial charge is 0.504 e. The van der Waals surface area contributed by atoms with Crippen LogP contribution in [0.15, 0.2) is 16.5 Å². The number of aryl methyl sites for hydroxylation is 2. The van der Waals surface area contributed by atoms with E-state index in [1.165, 1.54) is 6.07 Å². The molecule has 16 heavy (non-hydrogen) atoms. The van der Waals surface area contributed by atoms with Crippen molar-refractivity contribution in [1.82, 2.24) is 0 Å². The highest BCUT2D eigenvalue weighted by Crippen LogP contribution is 2.37. The van der Waals surface area contributed by atoms with Gasteiger partial charge >= 0.3 is 0 Å². The summed E-state index contributed by atoms with van der Waals surface area (Å²) < 4.78 is 5.65. The van der Waals surface area contributed by atoms with E-state index in [0.29, 0.717) is 11.1 Å². The van der Waals surface area contributed by atoms with Crippen molar-refractivity contribution < 1.29 is 14.3 Å². The van der Waals surface area contributed by atoms with Crippen LogP contribution in [0.4, 0.5) is 0 Å². The topological polar surface area (TPSA) is 50.4 Å². The number of aldehydes is 1. The fourth-order valence-electron chi connectivity index (χ4n) is 2.48. The number of carbonyl (C=O) groups excluding carboxylic acids is 1. The van der Waals surface area contributed by atoms with Gasteiger partial charge in [-0.05, 0) is 31.4 Å². The SMILES string of the molecule is O=Cc1ccc(O)c2oc3c(c12)CCCC3. The van der Waals surface area contributed by atoms with E-state index in [0.717, 1.165) is 48.7 Å². The first-order chi connectivity index (χ1) is 7.81. The van der Waals surface area contributed by atoms with E-state index in [4.69, 9.17) is 4.42 Å². The molecule has 3 rings (SSSR count). The molecule has 0 unspecified atom stereocenters. The Kier molecular flexibility index (Phi) is 1.99. The van der Waals surface area contributed by atoms with Crippen molar-refractivity contribution in [3.8, 4) is 5.75 Å². The molecule has 1 aliphatic rings. The van der Waals surface area contributed by atoms with Gasteiger partial charge in [0.2, 0.25) is 0 Å². The number of phenolic OH excluding ortho intramolecular Hbond substituents is 1. The zero-order chi connectivity index (χ0) is 11.1. The standard InChI is InChI=1S/C13H12O3/c14-7-8-5-6-10(15)13-12(8)9-3-1-2-4-11(9)16-13/h5-7,15H,1-4H2. The average Bonchev–Trinajstić information content (AvgIpc) is 2.70. The molecule has 0 saturated carbocycles. The zero-order valence-corrected chi connectivity index (χ0v) is 8.82. The second-order valence-corrected chi connectivity index (χ2v) is 4.21. The van der Waals surface area contributed by atoms with Crippen LogP contribution < -0.4 is 0 Å². The van der Waals surface area contributed by atoms with Gasteiger partial charge in [-0.25, -0.2) is 0 Å². The first-order valence-electron chi connectivity index (χ1n) is 5.52. The number of hydrogen-bond donors (Lipinski definition) is 1. The minimum Gasteiger partial charge on any atom is -0.504 e. The van der Waals surface area contributed by atoms with Crippen LogP contribution in [0.3, 0.4) is 0 Å². The summed E-state index contributed by atoms with van der Waals surface area (Å²) in [5, 5.41) is 10.5. The lowest BCUT2D eigenvalue weighted by molar-refractivity contribution is 0.112. The lowest BCUT2D eigenvalue weighted by Crippen LogP contribution is -1.99. The zero-order valence-electron chi connectivity index (χ0n) is 8.82. The Morgan fingerprint density at radius 3 is 2.88 bits per heavy atom. The van der Waals surface area contributed by atoms with E-state index in [1.54, 1.807) is 6.07 Å². The fourth-order valence-corrected chi connectivity index (χ4v) is 2.48. The molecular weight excluding hydrogens is 204 g/mol. The molecule has 1 aromatic heterocycles. The summed E-state index contributed by atoms with van der Waals surface area (Å²) in [4.78, 5) is 11.0. The summed E-state index contributed by atoms with van der Waals surface area (Å²) in [5.74, 6) is 1.06. The molecule has 0 amide bonds. The lowest BCUT2D eigenvalue weighted by Gasteiger charge is -2.08. The molecule has 0 fully saturated rings. The van der Waals surface area contributed by atoms with E-state index >= 15 is 0 Å². The second-order valence-electron chi connectivity index (χ2n) is 4.21. The molecule has 1 aliphatic carbocycles. The molecule has 0 aliphatic heterocycles. The van der Waals surface area contributed by atoms with Crippen LogP contribution in [0.2, 0.25) is 0 Å². The highest BCUT2D eigenvalue weighted by Gasteiger charge is 2.21. The molecule has 1 heterocycles. The number of hydrogen-bond acceptors (Lipinski definition) is 3. The van der Waals surface area contributed by atoms with Crippen molar-refractivity contribution in [3.63, 3.8) is 0 Å². The molecule has 3 nitrogen and oxygen atoms in total. The molecule has 3 heteroatoms. The molecule has 0 spiro atoms. The maximum Gasteiger partial charge on any atom is 0.176 e. The number of aromatic hydroxyl groups is 1. The molecule has 2 aromatic rings. The predicted molar refractivity (Wildman–Crippen MR) is 59.9 cm³/mol. The maximum absolute atomic E-state index is 11.0. The Balaban J connectivity index is 2.41. The summed E-state index contributed by atoms with van der Waals surface area (Å²) in [7, 11) is 0. The van der Waals surface area contributed by atoms with Crippen molar-refractivity contribution in [3.05, 3.63) is 29.0 Å². The van der Waals surface area contributed by atoms with Gasteiger partial charge in [-0.3, -0.25) is 4.79 Å². The Labute approximate surface area is 92.7 Å². The van der Waals surface area contributed by atoms with Crippen molar-refractivity contribution in [2.24, 2.45) is 0 Å². The Morgan fingerprint density at radius 2 is 2.06 bits per heavy atom. The van der Waals surface area contributed by atoms with Crippen molar-refractivity contribution in [2.45, 2.75) is 25.7 Å². The molecule has 1 aromatic carbocycles. The van der Waals surface area contributed by atoms with E-state index in [1.807, 2.05) is 0 Å². The predicted octanol–water partition coefficient (Wildman–Crippen LogP) is 2.83. The molecular formula is C13H12O3. The van der Waals surface area contributed by atoms with E-state index in [2.05, 4.69) is 0 Å². The molecule has 0 atom stereocenters. The molecule has 0 saturated heterocycles. The highest BCUT2D eigenvalue weighted by atomic mass is 16.4. The normalized spacial score (nSPS) is 15.0. The number of carbonyl (C=O) groups is 1. The monoisotopic (exact) mass is 216 g/mol. The first-order valence-corrected chi connectivity index (χ1v) is 5.52. The third kappa shape index (κ3) is 1.18. The minimum absolute atomic E-state index is 0.120. The van der Waals surface area contributed by atoms with Gasteiger partial charge in [0.05, 0.1) is 0 Å². The van der Waals surface area contributed by atoms with Crippen LogP contribution in [0.25, 0.3) is 11.0 Å². The summed E-state index contributed by atoms with van der Waals surface area (Å²) in [5.41, 5.74) is 2.19. The summed E-state index contributed by atoms with van der Waals surface area (Å²) in [6.45, 7) is 0. The van der Waals surface area contributed by atoms with Gasteiger partial charge in [-0.2, -0.15) is 0 Å².